The molecule has 174 valence electrons. The minimum absolute atomic E-state index is 0.0915. The molecule has 1 saturated carbocycles. The molecule has 0 spiro atoms. The third-order valence-corrected chi connectivity index (χ3v) is 7.06. The van der Waals surface area contributed by atoms with Gasteiger partial charge in [-0.15, -0.1) is 0 Å². The lowest BCUT2D eigenvalue weighted by Crippen LogP contribution is -2.27. The Hall–Kier alpha value is -3.98. The van der Waals surface area contributed by atoms with Crippen LogP contribution in [0.4, 0.5) is 0 Å². The lowest BCUT2D eigenvalue weighted by Gasteiger charge is -2.13. The summed E-state index contributed by atoms with van der Waals surface area (Å²) < 4.78 is 0. The molecule has 3 atom stereocenters. The number of hydrogen-bond donors (Lipinski definition) is 1. The van der Waals surface area contributed by atoms with E-state index in [0.717, 1.165) is 0 Å². The lowest BCUT2D eigenvalue weighted by molar-refractivity contribution is 0.0944. The zero-order valence-corrected chi connectivity index (χ0v) is 19.8. The van der Waals surface area contributed by atoms with E-state index in [-0.39, 0.29) is 35.4 Å². The smallest absolute Gasteiger partial charge is 0.251 e. The first kappa shape index (κ1) is 22.8. The van der Waals surface area contributed by atoms with E-state index < -0.39 is 0 Å². The number of hydrogen-bond acceptors (Lipinski definition) is 2. The van der Waals surface area contributed by atoms with E-state index in [0.29, 0.717) is 17.7 Å². The molecular weight excluding hydrogens is 430 g/mol. The maximum Gasteiger partial charge on any atom is 0.251 e. The molecule has 3 heteroatoms. The highest BCUT2D eigenvalue weighted by molar-refractivity contribution is 6.02. The number of rotatable bonds is 8. The number of benzene rings is 4. The predicted octanol–water partition coefficient (Wildman–Crippen LogP) is 6.60. The second kappa shape index (κ2) is 10.1. The summed E-state index contributed by atoms with van der Waals surface area (Å²) in [5, 5.41) is 3.01. The first-order valence-electron chi connectivity index (χ1n) is 12.2. The molecule has 4 aromatic rings. The second-order valence-electron chi connectivity index (χ2n) is 9.36. The van der Waals surface area contributed by atoms with E-state index in [4.69, 9.17) is 0 Å². The summed E-state index contributed by atoms with van der Waals surface area (Å²) in [4.78, 5) is 26.2. The standard InChI is InChI=1S/C32H29NO2/c1-22(23-11-5-2-6-12-23)21-33-32(35)27-19-17-26(18-20-27)31(34)30-28(24-13-7-3-8-14-24)29(30)25-15-9-4-10-16-25/h2-20,22,28-30H,21H2,1H3,(H,33,35)/t22-,28+,29+/m0/s1. The molecule has 1 fully saturated rings. The maximum atomic E-state index is 13.5. The fourth-order valence-corrected chi connectivity index (χ4v) is 5.04. The first-order chi connectivity index (χ1) is 17.1. The van der Waals surface area contributed by atoms with Gasteiger partial charge in [0.25, 0.3) is 5.91 Å². The number of Topliss-reactive ketones (excluding diaryl/α,β-unsaturated/α-hetero) is 1. The molecule has 5 rings (SSSR count). The molecule has 0 unspecified atom stereocenters. The van der Waals surface area contributed by atoms with Crippen LogP contribution in [0.5, 0.6) is 0 Å². The molecule has 3 nitrogen and oxygen atoms in total. The maximum absolute atomic E-state index is 13.5. The minimum Gasteiger partial charge on any atom is -0.351 e. The Morgan fingerprint density at radius 2 is 1.11 bits per heavy atom. The van der Waals surface area contributed by atoms with Crippen LogP contribution in [0.2, 0.25) is 0 Å². The third-order valence-electron chi connectivity index (χ3n) is 7.06. The topological polar surface area (TPSA) is 46.2 Å². The van der Waals surface area contributed by atoms with Crippen molar-refractivity contribution in [3.05, 3.63) is 143 Å². The summed E-state index contributed by atoms with van der Waals surface area (Å²) >= 11 is 0. The van der Waals surface area contributed by atoms with Gasteiger partial charge in [-0.3, -0.25) is 9.59 Å². The van der Waals surface area contributed by atoms with Gasteiger partial charge in [-0.2, -0.15) is 0 Å². The molecule has 0 saturated heterocycles. The van der Waals surface area contributed by atoms with Gasteiger partial charge in [-0.05, 0) is 34.7 Å². The van der Waals surface area contributed by atoms with Gasteiger partial charge in [-0.1, -0.05) is 110 Å². The van der Waals surface area contributed by atoms with Crippen molar-refractivity contribution >= 4 is 11.7 Å². The summed E-state index contributed by atoms with van der Waals surface area (Å²) in [7, 11) is 0. The Labute approximate surface area is 206 Å². The zero-order valence-electron chi connectivity index (χ0n) is 19.8. The Morgan fingerprint density at radius 3 is 1.63 bits per heavy atom. The van der Waals surface area contributed by atoms with Crippen LogP contribution in [0, 0.1) is 5.92 Å². The Morgan fingerprint density at radius 1 is 0.657 bits per heavy atom. The predicted molar refractivity (Wildman–Crippen MR) is 140 cm³/mol. The number of ketones is 1. The summed E-state index contributed by atoms with van der Waals surface area (Å²) in [6.45, 7) is 2.66. The highest BCUT2D eigenvalue weighted by Crippen LogP contribution is 2.61. The van der Waals surface area contributed by atoms with Gasteiger partial charge < -0.3 is 5.32 Å². The van der Waals surface area contributed by atoms with Crippen LogP contribution < -0.4 is 5.32 Å². The molecule has 0 bridgehead atoms. The SMILES string of the molecule is C[C@@H](CNC(=O)c1ccc(C(=O)C2[C@H](c3ccccc3)[C@H]2c2ccccc2)cc1)c1ccccc1. The summed E-state index contributed by atoms with van der Waals surface area (Å²) in [5.41, 5.74) is 4.81. The molecule has 1 aliphatic carbocycles. The van der Waals surface area contributed by atoms with Crippen molar-refractivity contribution in [3.63, 3.8) is 0 Å². The minimum atomic E-state index is -0.123. The van der Waals surface area contributed by atoms with E-state index in [1.165, 1.54) is 16.7 Å². The molecule has 0 aromatic heterocycles. The Bertz CT molecular complexity index is 1240. The van der Waals surface area contributed by atoms with Gasteiger partial charge in [0.05, 0.1) is 0 Å². The molecule has 35 heavy (non-hydrogen) atoms. The second-order valence-corrected chi connectivity index (χ2v) is 9.36. The molecule has 1 amide bonds. The van der Waals surface area contributed by atoms with Crippen LogP contribution in [-0.2, 0) is 0 Å². The van der Waals surface area contributed by atoms with Gasteiger partial charge in [0.15, 0.2) is 5.78 Å². The van der Waals surface area contributed by atoms with Crippen molar-refractivity contribution in [2.75, 3.05) is 6.54 Å². The number of carbonyl (C=O) groups excluding carboxylic acids is 2. The average Bonchev–Trinajstić information content (AvgIpc) is 3.68. The molecule has 4 aromatic carbocycles. The van der Waals surface area contributed by atoms with Crippen LogP contribution in [0.3, 0.4) is 0 Å². The van der Waals surface area contributed by atoms with E-state index in [1.54, 1.807) is 24.3 Å². The van der Waals surface area contributed by atoms with Crippen LogP contribution in [0.25, 0.3) is 0 Å². The van der Waals surface area contributed by atoms with Gasteiger partial charge in [-0.25, -0.2) is 0 Å². The van der Waals surface area contributed by atoms with Crippen LogP contribution >= 0.6 is 0 Å². The quantitative estimate of drug-likeness (QED) is 0.302. The summed E-state index contributed by atoms with van der Waals surface area (Å²) in [6, 6.07) is 37.8. The first-order valence-corrected chi connectivity index (χ1v) is 12.2. The monoisotopic (exact) mass is 459 g/mol. The summed E-state index contributed by atoms with van der Waals surface area (Å²) in [5.74, 6) is 0.494. The van der Waals surface area contributed by atoms with Gasteiger partial charge in [0, 0.05) is 35.4 Å². The summed E-state index contributed by atoms with van der Waals surface area (Å²) in [6.07, 6.45) is 0. The van der Waals surface area contributed by atoms with Crippen LogP contribution in [0.15, 0.2) is 115 Å². The van der Waals surface area contributed by atoms with Crippen LogP contribution in [-0.4, -0.2) is 18.2 Å². The Kier molecular flexibility index (Phi) is 6.58. The number of carbonyl (C=O) groups is 2. The van der Waals surface area contributed by atoms with E-state index in [2.05, 4.69) is 48.6 Å². The fourth-order valence-electron chi connectivity index (χ4n) is 5.04. The van der Waals surface area contributed by atoms with Crippen LogP contribution in [0.1, 0.15) is 62.1 Å². The molecule has 1 aliphatic rings. The van der Waals surface area contributed by atoms with E-state index in [1.807, 2.05) is 54.6 Å². The average molecular weight is 460 g/mol. The molecule has 1 N–H and O–H groups in total. The van der Waals surface area contributed by atoms with Crippen molar-refractivity contribution in [3.8, 4) is 0 Å². The molecule has 0 heterocycles. The van der Waals surface area contributed by atoms with Gasteiger partial charge in [0.2, 0.25) is 0 Å². The molecule has 0 radical (unpaired) electrons. The number of nitrogens with one attached hydrogen (secondary N) is 1. The van der Waals surface area contributed by atoms with E-state index >= 15 is 0 Å². The molecular formula is C32H29NO2. The Balaban J connectivity index is 1.28. The molecule has 0 aliphatic heterocycles. The highest BCUT2D eigenvalue weighted by Gasteiger charge is 2.55. The van der Waals surface area contributed by atoms with Gasteiger partial charge in [0.1, 0.15) is 0 Å². The third kappa shape index (κ3) is 4.95. The highest BCUT2D eigenvalue weighted by atomic mass is 16.1. The zero-order chi connectivity index (χ0) is 24.2. The van der Waals surface area contributed by atoms with Crippen molar-refractivity contribution in [1.82, 2.24) is 5.32 Å². The van der Waals surface area contributed by atoms with Gasteiger partial charge >= 0.3 is 0 Å². The van der Waals surface area contributed by atoms with Crippen molar-refractivity contribution in [2.45, 2.75) is 24.7 Å². The normalized spacial score (nSPS) is 19.5. The van der Waals surface area contributed by atoms with Crippen molar-refractivity contribution in [2.24, 2.45) is 5.92 Å². The lowest BCUT2D eigenvalue weighted by atomic mass is 10.00. The largest absolute Gasteiger partial charge is 0.351 e. The van der Waals surface area contributed by atoms with E-state index in [9.17, 15) is 9.59 Å². The van der Waals surface area contributed by atoms with Crippen molar-refractivity contribution < 1.29 is 9.59 Å². The van der Waals surface area contributed by atoms with Crippen molar-refractivity contribution in [1.29, 1.82) is 0 Å². The fraction of sp³-hybridized carbons (Fsp3) is 0.188. The number of amides is 1.